The van der Waals surface area contributed by atoms with Crippen molar-refractivity contribution < 1.29 is 4.39 Å². The SMILES string of the molecule is C#CCC(NCC)c1cc(F)cc(Br)c1. The molecular formula is C12H13BrFN. The number of hydrogen-bond donors (Lipinski definition) is 1. The van der Waals surface area contributed by atoms with Gasteiger partial charge in [-0.1, -0.05) is 22.9 Å². The Morgan fingerprint density at radius 3 is 2.80 bits per heavy atom. The molecule has 0 saturated carbocycles. The molecular weight excluding hydrogens is 257 g/mol. The zero-order valence-electron chi connectivity index (χ0n) is 8.56. The molecule has 0 aliphatic carbocycles. The molecule has 15 heavy (non-hydrogen) atoms. The van der Waals surface area contributed by atoms with Gasteiger partial charge in [-0.15, -0.1) is 12.3 Å². The van der Waals surface area contributed by atoms with E-state index in [1.165, 1.54) is 12.1 Å². The van der Waals surface area contributed by atoms with Crippen molar-refractivity contribution in [1.29, 1.82) is 0 Å². The van der Waals surface area contributed by atoms with Crippen molar-refractivity contribution in [3.63, 3.8) is 0 Å². The Balaban J connectivity index is 2.95. The Labute approximate surface area is 98.2 Å². The zero-order valence-corrected chi connectivity index (χ0v) is 10.1. The second-order valence-corrected chi connectivity index (χ2v) is 4.14. The van der Waals surface area contributed by atoms with E-state index in [4.69, 9.17) is 6.42 Å². The fourth-order valence-corrected chi connectivity index (χ4v) is 1.93. The fourth-order valence-electron chi connectivity index (χ4n) is 1.45. The molecule has 1 atom stereocenters. The van der Waals surface area contributed by atoms with E-state index < -0.39 is 0 Å². The third-order valence-electron chi connectivity index (χ3n) is 2.06. The highest BCUT2D eigenvalue weighted by Gasteiger charge is 2.10. The number of benzene rings is 1. The number of rotatable bonds is 4. The van der Waals surface area contributed by atoms with Gasteiger partial charge in [-0.3, -0.25) is 0 Å². The van der Waals surface area contributed by atoms with Crippen LogP contribution in [0.15, 0.2) is 22.7 Å². The quantitative estimate of drug-likeness (QED) is 0.828. The Bertz CT molecular complexity index is 350. The van der Waals surface area contributed by atoms with Gasteiger partial charge in [0, 0.05) is 16.9 Å². The summed E-state index contributed by atoms with van der Waals surface area (Å²) in [6.07, 6.45) is 5.84. The second kappa shape index (κ2) is 5.89. The third kappa shape index (κ3) is 3.65. The van der Waals surface area contributed by atoms with Crippen LogP contribution >= 0.6 is 15.9 Å². The molecule has 1 N–H and O–H groups in total. The molecule has 1 aromatic rings. The summed E-state index contributed by atoms with van der Waals surface area (Å²) < 4.78 is 13.9. The van der Waals surface area contributed by atoms with Crippen LogP contribution < -0.4 is 5.32 Å². The summed E-state index contributed by atoms with van der Waals surface area (Å²) in [5.74, 6) is 2.34. The fraction of sp³-hybridized carbons (Fsp3) is 0.333. The lowest BCUT2D eigenvalue weighted by molar-refractivity contribution is 0.556. The van der Waals surface area contributed by atoms with Gasteiger partial charge in [0.2, 0.25) is 0 Å². The molecule has 0 radical (unpaired) electrons. The molecule has 80 valence electrons. The average molecular weight is 270 g/mol. The van der Waals surface area contributed by atoms with E-state index in [-0.39, 0.29) is 11.9 Å². The third-order valence-corrected chi connectivity index (χ3v) is 2.52. The van der Waals surface area contributed by atoms with Crippen LogP contribution in [0.1, 0.15) is 24.9 Å². The maximum Gasteiger partial charge on any atom is 0.124 e. The van der Waals surface area contributed by atoms with E-state index in [1.54, 1.807) is 0 Å². The predicted octanol–water partition coefficient (Wildman–Crippen LogP) is 3.26. The molecule has 1 nitrogen and oxygen atoms in total. The van der Waals surface area contributed by atoms with Crippen LogP contribution in [0.2, 0.25) is 0 Å². The van der Waals surface area contributed by atoms with Crippen molar-refractivity contribution in [3.05, 3.63) is 34.1 Å². The molecule has 0 aromatic heterocycles. The van der Waals surface area contributed by atoms with E-state index in [0.717, 1.165) is 16.6 Å². The van der Waals surface area contributed by atoms with Gasteiger partial charge < -0.3 is 5.32 Å². The standard InChI is InChI=1S/C12H13BrFN/c1-3-5-12(15-4-2)9-6-10(13)8-11(14)7-9/h1,6-8,12,15H,4-5H2,2H3. The highest BCUT2D eigenvalue weighted by Crippen LogP contribution is 2.22. The van der Waals surface area contributed by atoms with Crippen molar-refractivity contribution in [2.24, 2.45) is 0 Å². The first-order valence-electron chi connectivity index (χ1n) is 4.80. The van der Waals surface area contributed by atoms with E-state index in [1.807, 2.05) is 13.0 Å². The molecule has 0 amide bonds. The van der Waals surface area contributed by atoms with Crippen LogP contribution in [0, 0.1) is 18.2 Å². The molecule has 0 aliphatic heterocycles. The average Bonchev–Trinajstić information content (AvgIpc) is 2.16. The van der Waals surface area contributed by atoms with E-state index in [0.29, 0.717) is 6.42 Å². The number of hydrogen-bond acceptors (Lipinski definition) is 1. The summed E-state index contributed by atoms with van der Waals surface area (Å²) in [5.41, 5.74) is 0.877. The Hall–Kier alpha value is -0.850. The summed E-state index contributed by atoms with van der Waals surface area (Å²) in [7, 11) is 0. The topological polar surface area (TPSA) is 12.0 Å². The van der Waals surface area contributed by atoms with Gasteiger partial charge in [-0.2, -0.15) is 0 Å². The lowest BCUT2D eigenvalue weighted by Gasteiger charge is -2.16. The van der Waals surface area contributed by atoms with Gasteiger partial charge in [0.05, 0.1) is 0 Å². The lowest BCUT2D eigenvalue weighted by atomic mass is 10.0. The molecule has 1 unspecified atom stereocenters. The van der Waals surface area contributed by atoms with Gasteiger partial charge in [0.1, 0.15) is 5.82 Å². The highest BCUT2D eigenvalue weighted by molar-refractivity contribution is 9.10. The molecule has 0 heterocycles. The Kier molecular flexibility index (Phi) is 4.80. The molecule has 1 rings (SSSR count). The van der Waals surface area contributed by atoms with Crippen LogP contribution in [-0.4, -0.2) is 6.54 Å². The number of halogens is 2. The second-order valence-electron chi connectivity index (χ2n) is 3.22. The minimum absolute atomic E-state index is 0.0204. The van der Waals surface area contributed by atoms with E-state index in [9.17, 15) is 4.39 Å². The number of terminal acetylenes is 1. The minimum atomic E-state index is -0.251. The van der Waals surface area contributed by atoms with Gasteiger partial charge in [-0.05, 0) is 30.3 Å². The van der Waals surface area contributed by atoms with Gasteiger partial charge >= 0.3 is 0 Å². The van der Waals surface area contributed by atoms with Gasteiger partial charge in [-0.25, -0.2) is 4.39 Å². The summed E-state index contributed by atoms with van der Waals surface area (Å²) in [4.78, 5) is 0. The Morgan fingerprint density at radius 2 is 2.27 bits per heavy atom. The Morgan fingerprint density at radius 1 is 1.53 bits per heavy atom. The van der Waals surface area contributed by atoms with E-state index in [2.05, 4.69) is 27.2 Å². The van der Waals surface area contributed by atoms with Crippen molar-refractivity contribution in [3.8, 4) is 12.3 Å². The predicted molar refractivity (Wildman–Crippen MR) is 64.0 cm³/mol. The van der Waals surface area contributed by atoms with E-state index >= 15 is 0 Å². The van der Waals surface area contributed by atoms with Crippen molar-refractivity contribution in [1.82, 2.24) is 5.32 Å². The molecule has 0 fully saturated rings. The maximum atomic E-state index is 13.2. The van der Waals surface area contributed by atoms with Crippen molar-refractivity contribution in [2.45, 2.75) is 19.4 Å². The zero-order chi connectivity index (χ0) is 11.3. The van der Waals surface area contributed by atoms with Crippen LogP contribution in [0.5, 0.6) is 0 Å². The summed E-state index contributed by atoms with van der Waals surface area (Å²) in [5, 5.41) is 3.22. The molecule has 0 saturated heterocycles. The van der Waals surface area contributed by atoms with Crippen LogP contribution in [0.3, 0.4) is 0 Å². The summed E-state index contributed by atoms with van der Waals surface area (Å²) in [6, 6.07) is 4.85. The van der Waals surface area contributed by atoms with Crippen molar-refractivity contribution in [2.75, 3.05) is 6.54 Å². The monoisotopic (exact) mass is 269 g/mol. The molecule has 0 spiro atoms. The maximum absolute atomic E-state index is 13.2. The normalized spacial score (nSPS) is 12.1. The van der Waals surface area contributed by atoms with Gasteiger partial charge in [0.25, 0.3) is 0 Å². The summed E-state index contributed by atoms with van der Waals surface area (Å²) in [6.45, 7) is 2.80. The number of nitrogens with one attached hydrogen (secondary N) is 1. The molecule has 0 aliphatic rings. The molecule has 3 heteroatoms. The van der Waals surface area contributed by atoms with Gasteiger partial charge in [0.15, 0.2) is 0 Å². The molecule has 0 bridgehead atoms. The molecule has 1 aromatic carbocycles. The smallest absolute Gasteiger partial charge is 0.124 e. The highest BCUT2D eigenvalue weighted by atomic mass is 79.9. The first-order valence-corrected chi connectivity index (χ1v) is 5.59. The van der Waals surface area contributed by atoms with Crippen LogP contribution in [0.25, 0.3) is 0 Å². The van der Waals surface area contributed by atoms with Crippen LogP contribution in [0.4, 0.5) is 4.39 Å². The summed E-state index contributed by atoms with van der Waals surface area (Å²) >= 11 is 3.26. The van der Waals surface area contributed by atoms with Crippen LogP contribution in [-0.2, 0) is 0 Å². The minimum Gasteiger partial charge on any atom is -0.309 e. The largest absolute Gasteiger partial charge is 0.309 e. The first-order chi connectivity index (χ1) is 7.17. The lowest BCUT2D eigenvalue weighted by Crippen LogP contribution is -2.20. The van der Waals surface area contributed by atoms with Crippen molar-refractivity contribution >= 4 is 15.9 Å². The first kappa shape index (κ1) is 12.2.